The average molecular weight is 369 g/mol. The lowest BCUT2D eigenvalue weighted by atomic mass is 10.0. The van der Waals surface area contributed by atoms with Crippen molar-refractivity contribution in [1.29, 1.82) is 0 Å². The number of pyridine rings is 2. The molecule has 0 aliphatic heterocycles. The molecular formula is C22H19N5O. The monoisotopic (exact) mass is 369 g/mol. The molecule has 6 heteroatoms. The van der Waals surface area contributed by atoms with E-state index in [1.807, 2.05) is 66.2 Å². The van der Waals surface area contributed by atoms with Gasteiger partial charge in [0.1, 0.15) is 0 Å². The molecule has 1 unspecified atom stereocenters. The molecule has 4 rings (SSSR count). The topological polar surface area (TPSA) is 72.7 Å². The molecule has 0 saturated heterocycles. The fourth-order valence-electron chi connectivity index (χ4n) is 2.92. The molecule has 0 radical (unpaired) electrons. The Balaban J connectivity index is 1.44. The van der Waals surface area contributed by atoms with Crippen molar-refractivity contribution < 1.29 is 4.79 Å². The number of carbonyl (C=O) groups is 1. The van der Waals surface area contributed by atoms with Gasteiger partial charge >= 0.3 is 0 Å². The molecule has 3 heterocycles. The van der Waals surface area contributed by atoms with E-state index in [1.165, 1.54) is 0 Å². The molecule has 0 aliphatic carbocycles. The van der Waals surface area contributed by atoms with Gasteiger partial charge in [0.05, 0.1) is 29.9 Å². The molecule has 1 aromatic carbocycles. The molecular weight excluding hydrogens is 350 g/mol. The van der Waals surface area contributed by atoms with Crippen LogP contribution in [-0.4, -0.2) is 25.4 Å². The van der Waals surface area contributed by atoms with Crippen LogP contribution in [0.25, 0.3) is 16.8 Å². The van der Waals surface area contributed by atoms with Crippen LogP contribution in [0.2, 0.25) is 0 Å². The molecule has 138 valence electrons. The van der Waals surface area contributed by atoms with Crippen molar-refractivity contribution in [3.8, 4) is 16.8 Å². The summed E-state index contributed by atoms with van der Waals surface area (Å²) in [6, 6.07) is 15.0. The van der Waals surface area contributed by atoms with Gasteiger partial charge in [0, 0.05) is 30.4 Å². The molecule has 1 atom stereocenters. The fourth-order valence-corrected chi connectivity index (χ4v) is 2.92. The van der Waals surface area contributed by atoms with E-state index in [4.69, 9.17) is 0 Å². The first-order valence-corrected chi connectivity index (χ1v) is 8.96. The van der Waals surface area contributed by atoms with Crippen LogP contribution < -0.4 is 5.32 Å². The van der Waals surface area contributed by atoms with Gasteiger partial charge in [-0.3, -0.25) is 14.8 Å². The normalized spacial score (nSPS) is 11.8. The Bertz CT molecular complexity index is 1060. The average Bonchev–Trinajstić information content (AvgIpc) is 3.26. The van der Waals surface area contributed by atoms with Gasteiger partial charge < -0.3 is 9.88 Å². The second-order valence-corrected chi connectivity index (χ2v) is 6.43. The van der Waals surface area contributed by atoms with Crippen molar-refractivity contribution in [3.05, 3.63) is 97.1 Å². The standard InChI is InChI=1S/C22H19N5O/c1-16(21-14-27(15-25-21)20-3-2-10-24-13-20)26-22(28)19-6-4-17(5-7-19)18-8-11-23-12-9-18/h2-16H,1H3,(H,26,28). The lowest BCUT2D eigenvalue weighted by molar-refractivity contribution is 0.0939. The lowest BCUT2D eigenvalue weighted by Crippen LogP contribution is -2.26. The number of aromatic nitrogens is 4. The van der Waals surface area contributed by atoms with E-state index in [-0.39, 0.29) is 11.9 Å². The largest absolute Gasteiger partial charge is 0.344 e. The van der Waals surface area contributed by atoms with Gasteiger partial charge in [-0.05, 0) is 54.4 Å². The highest BCUT2D eigenvalue weighted by molar-refractivity contribution is 5.94. The summed E-state index contributed by atoms with van der Waals surface area (Å²) >= 11 is 0. The van der Waals surface area contributed by atoms with Crippen LogP contribution in [0.1, 0.15) is 29.0 Å². The maximum Gasteiger partial charge on any atom is 0.251 e. The third-order valence-corrected chi connectivity index (χ3v) is 4.50. The van der Waals surface area contributed by atoms with Gasteiger partial charge in [-0.25, -0.2) is 4.98 Å². The Labute approximate surface area is 162 Å². The minimum absolute atomic E-state index is 0.135. The molecule has 0 bridgehead atoms. The summed E-state index contributed by atoms with van der Waals surface area (Å²) in [6.07, 6.45) is 10.6. The minimum atomic E-state index is -0.217. The fraction of sp³-hybridized carbons (Fsp3) is 0.0909. The summed E-state index contributed by atoms with van der Waals surface area (Å²) in [4.78, 5) is 25.1. The molecule has 0 aliphatic rings. The van der Waals surface area contributed by atoms with Crippen LogP contribution in [0.3, 0.4) is 0 Å². The van der Waals surface area contributed by atoms with Gasteiger partial charge in [0.25, 0.3) is 5.91 Å². The first-order valence-electron chi connectivity index (χ1n) is 8.96. The molecule has 0 fully saturated rings. The van der Waals surface area contributed by atoms with Crippen LogP contribution >= 0.6 is 0 Å². The Kier molecular flexibility index (Phi) is 4.93. The third kappa shape index (κ3) is 3.81. The van der Waals surface area contributed by atoms with E-state index in [1.54, 1.807) is 31.1 Å². The summed E-state index contributed by atoms with van der Waals surface area (Å²) in [5.41, 5.74) is 4.42. The van der Waals surface area contributed by atoms with E-state index in [9.17, 15) is 4.79 Å². The maximum atomic E-state index is 12.6. The van der Waals surface area contributed by atoms with E-state index in [0.29, 0.717) is 5.56 Å². The molecule has 6 nitrogen and oxygen atoms in total. The maximum absolute atomic E-state index is 12.6. The summed E-state index contributed by atoms with van der Waals surface area (Å²) in [5.74, 6) is -0.135. The summed E-state index contributed by atoms with van der Waals surface area (Å²) < 4.78 is 1.88. The summed E-state index contributed by atoms with van der Waals surface area (Å²) in [5, 5.41) is 3.00. The van der Waals surface area contributed by atoms with Crippen LogP contribution in [0.4, 0.5) is 0 Å². The number of rotatable bonds is 5. The second-order valence-electron chi connectivity index (χ2n) is 6.43. The predicted molar refractivity (Wildman–Crippen MR) is 107 cm³/mol. The van der Waals surface area contributed by atoms with Crippen LogP contribution in [0.15, 0.2) is 85.8 Å². The number of amides is 1. The smallest absolute Gasteiger partial charge is 0.251 e. The number of carbonyl (C=O) groups excluding carboxylic acids is 1. The zero-order valence-corrected chi connectivity index (χ0v) is 15.4. The molecule has 0 saturated carbocycles. The number of benzene rings is 1. The van der Waals surface area contributed by atoms with Crippen molar-refractivity contribution in [3.63, 3.8) is 0 Å². The van der Waals surface area contributed by atoms with Crippen LogP contribution in [0, 0.1) is 0 Å². The number of imidazole rings is 1. The van der Waals surface area contributed by atoms with Crippen LogP contribution in [0.5, 0.6) is 0 Å². The quantitative estimate of drug-likeness (QED) is 0.580. The highest BCUT2D eigenvalue weighted by atomic mass is 16.1. The minimum Gasteiger partial charge on any atom is -0.344 e. The van der Waals surface area contributed by atoms with E-state index < -0.39 is 0 Å². The first kappa shape index (κ1) is 17.6. The summed E-state index contributed by atoms with van der Waals surface area (Å²) in [7, 11) is 0. The number of nitrogens with one attached hydrogen (secondary N) is 1. The van der Waals surface area contributed by atoms with Gasteiger partial charge in [0.2, 0.25) is 0 Å². The van der Waals surface area contributed by atoms with E-state index >= 15 is 0 Å². The molecule has 28 heavy (non-hydrogen) atoms. The Morgan fingerprint density at radius 2 is 1.71 bits per heavy atom. The first-order chi connectivity index (χ1) is 13.7. The zero-order chi connectivity index (χ0) is 19.3. The second kappa shape index (κ2) is 7.84. The highest BCUT2D eigenvalue weighted by Crippen LogP contribution is 2.19. The Morgan fingerprint density at radius 1 is 0.964 bits per heavy atom. The molecule has 0 spiro atoms. The van der Waals surface area contributed by atoms with Crippen LogP contribution in [-0.2, 0) is 0 Å². The number of hydrogen-bond donors (Lipinski definition) is 1. The lowest BCUT2D eigenvalue weighted by Gasteiger charge is -2.12. The molecule has 3 aromatic heterocycles. The highest BCUT2D eigenvalue weighted by Gasteiger charge is 2.14. The van der Waals surface area contributed by atoms with Gasteiger partial charge in [-0.2, -0.15) is 0 Å². The predicted octanol–water partition coefficient (Wildman–Crippen LogP) is 3.82. The Hall–Kier alpha value is -3.80. The van der Waals surface area contributed by atoms with Crippen molar-refractivity contribution in [1.82, 2.24) is 24.8 Å². The van der Waals surface area contributed by atoms with Crippen molar-refractivity contribution >= 4 is 5.91 Å². The zero-order valence-electron chi connectivity index (χ0n) is 15.4. The number of hydrogen-bond acceptors (Lipinski definition) is 4. The number of nitrogens with zero attached hydrogens (tertiary/aromatic N) is 4. The summed E-state index contributed by atoms with van der Waals surface area (Å²) in [6.45, 7) is 1.92. The van der Waals surface area contributed by atoms with E-state index in [0.717, 1.165) is 22.5 Å². The Morgan fingerprint density at radius 3 is 2.43 bits per heavy atom. The molecule has 4 aromatic rings. The van der Waals surface area contributed by atoms with Crippen molar-refractivity contribution in [2.24, 2.45) is 0 Å². The van der Waals surface area contributed by atoms with Gasteiger partial charge in [0.15, 0.2) is 0 Å². The van der Waals surface area contributed by atoms with Crippen molar-refractivity contribution in [2.75, 3.05) is 0 Å². The molecule has 1 amide bonds. The SMILES string of the molecule is CC(NC(=O)c1ccc(-c2ccncc2)cc1)c1cn(-c2cccnc2)cn1. The third-order valence-electron chi connectivity index (χ3n) is 4.50. The van der Waals surface area contributed by atoms with E-state index in [2.05, 4.69) is 20.3 Å². The van der Waals surface area contributed by atoms with Gasteiger partial charge in [-0.1, -0.05) is 12.1 Å². The van der Waals surface area contributed by atoms with Crippen molar-refractivity contribution in [2.45, 2.75) is 13.0 Å². The molecule has 1 N–H and O–H groups in total. The van der Waals surface area contributed by atoms with Gasteiger partial charge in [-0.15, -0.1) is 0 Å².